The zero-order valence-corrected chi connectivity index (χ0v) is 10.5. The molecule has 2 N–H and O–H groups in total. The molecular weight excluding hydrogens is 220 g/mol. The van der Waals surface area contributed by atoms with Gasteiger partial charge in [0.2, 0.25) is 0 Å². The van der Waals surface area contributed by atoms with Crippen LogP contribution in [0.25, 0.3) is 10.9 Å². The number of aryl methyl sites for hydroxylation is 2. The largest absolute Gasteiger partial charge is 0.398 e. The Labute approximate surface area is 100 Å². The third-order valence-electron chi connectivity index (χ3n) is 2.99. The van der Waals surface area contributed by atoms with E-state index >= 15 is 0 Å². The Hall–Kier alpha value is -1.28. The first-order valence-corrected chi connectivity index (χ1v) is 5.77. The molecule has 0 unspecified atom stereocenters. The fourth-order valence-electron chi connectivity index (χ4n) is 1.91. The van der Waals surface area contributed by atoms with Crippen LogP contribution in [0.1, 0.15) is 23.7 Å². The number of fused-ring (bicyclic) bond motifs is 1. The van der Waals surface area contributed by atoms with Crippen molar-refractivity contribution in [2.75, 3.05) is 5.73 Å². The zero-order chi connectivity index (χ0) is 11.9. The maximum atomic E-state index is 6.13. The van der Waals surface area contributed by atoms with Gasteiger partial charge in [-0.3, -0.25) is 4.98 Å². The Morgan fingerprint density at radius 2 is 2.00 bits per heavy atom. The van der Waals surface area contributed by atoms with Gasteiger partial charge in [-0.05, 0) is 43.5 Å². The quantitative estimate of drug-likeness (QED) is 0.818. The minimum atomic E-state index is 0.741. The SMILES string of the molecule is CCc1nc2cc(Cl)c(C)cc2c(N)c1C. The van der Waals surface area contributed by atoms with Gasteiger partial charge in [-0.15, -0.1) is 0 Å². The third kappa shape index (κ3) is 1.63. The van der Waals surface area contributed by atoms with E-state index in [1.807, 2.05) is 26.0 Å². The van der Waals surface area contributed by atoms with Gasteiger partial charge in [0.1, 0.15) is 0 Å². The summed E-state index contributed by atoms with van der Waals surface area (Å²) in [5, 5.41) is 1.74. The molecule has 0 bridgehead atoms. The first-order valence-electron chi connectivity index (χ1n) is 5.39. The summed E-state index contributed by atoms with van der Waals surface area (Å²) in [7, 11) is 0. The Kier molecular flexibility index (Phi) is 2.76. The summed E-state index contributed by atoms with van der Waals surface area (Å²) in [6.45, 7) is 6.07. The fourth-order valence-corrected chi connectivity index (χ4v) is 2.07. The lowest BCUT2D eigenvalue weighted by molar-refractivity contribution is 1.03. The van der Waals surface area contributed by atoms with Crippen LogP contribution < -0.4 is 5.73 Å². The number of halogens is 1. The van der Waals surface area contributed by atoms with Gasteiger partial charge in [0.25, 0.3) is 0 Å². The Balaban J connectivity index is 2.87. The van der Waals surface area contributed by atoms with E-state index in [9.17, 15) is 0 Å². The van der Waals surface area contributed by atoms with E-state index in [-0.39, 0.29) is 0 Å². The van der Waals surface area contributed by atoms with Crippen LogP contribution in [0.3, 0.4) is 0 Å². The minimum absolute atomic E-state index is 0.741. The summed E-state index contributed by atoms with van der Waals surface area (Å²) in [5.74, 6) is 0. The van der Waals surface area contributed by atoms with Crippen molar-refractivity contribution in [3.05, 3.63) is 34.0 Å². The van der Waals surface area contributed by atoms with Crippen molar-refractivity contribution in [3.63, 3.8) is 0 Å². The van der Waals surface area contributed by atoms with Crippen molar-refractivity contribution < 1.29 is 0 Å². The molecule has 0 atom stereocenters. The highest BCUT2D eigenvalue weighted by Crippen LogP contribution is 2.29. The number of nitrogens with zero attached hydrogens (tertiary/aromatic N) is 1. The van der Waals surface area contributed by atoms with Crippen molar-refractivity contribution >= 4 is 28.2 Å². The van der Waals surface area contributed by atoms with Crippen molar-refractivity contribution in [3.8, 4) is 0 Å². The van der Waals surface area contributed by atoms with E-state index in [0.717, 1.165) is 44.9 Å². The number of nitrogens with two attached hydrogens (primary N) is 1. The lowest BCUT2D eigenvalue weighted by atomic mass is 10.0. The van der Waals surface area contributed by atoms with Crippen LogP contribution in [0, 0.1) is 13.8 Å². The van der Waals surface area contributed by atoms with E-state index in [1.54, 1.807) is 0 Å². The zero-order valence-electron chi connectivity index (χ0n) is 9.76. The summed E-state index contributed by atoms with van der Waals surface area (Å²) < 4.78 is 0. The molecule has 0 saturated heterocycles. The second kappa shape index (κ2) is 3.95. The average molecular weight is 235 g/mol. The van der Waals surface area contributed by atoms with Gasteiger partial charge in [0, 0.05) is 21.8 Å². The molecule has 0 spiro atoms. The molecule has 84 valence electrons. The summed E-state index contributed by atoms with van der Waals surface area (Å²) in [5.41, 5.74) is 11.0. The molecule has 0 aliphatic heterocycles. The van der Waals surface area contributed by atoms with Crippen LogP contribution in [0.5, 0.6) is 0 Å². The average Bonchev–Trinajstić information content (AvgIpc) is 2.26. The van der Waals surface area contributed by atoms with Gasteiger partial charge in [0.05, 0.1) is 5.52 Å². The van der Waals surface area contributed by atoms with Crippen molar-refractivity contribution in [1.29, 1.82) is 0 Å². The number of nitrogen functional groups attached to an aromatic ring is 1. The van der Waals surface area contributed by atoms with E-state index in [4.69, 9.17) is 17.3 Å². The molecule has 0 radical (unpaired) electrons. The van der Waals surface area contributed by atoms with Crippen LogP contribution in [-0.4, -0.2) is 4.98 Å². The van der Waals surface area contributed by atoms with Crippen molar-refractivity contribution in [2.24, 2.45) is 0 Å². The van der Waals surface area contributed by atoms with E-state index in [0.29, 0.717) is 0 Å². The van der Waals surface area contributed by atoms with Crippen LogP contribution in [0.2, 0.25) is 5.02 Å². The molecule has 16 heavy (non-hydrogen) atoms. The fraction of sp³-hybridized carbons (Fsp3) is 0.308. The standard InChI is InChI=1S/C13H15ClN2/c1-4-11-8(3)13(15)9-5-7(2)10(14)6-12(9)16-11/h5-6H,4H2,1-3H3,(H2,15,16). The number of hydrogen-bond donors (Lipinski definition) is 1. The van der Waals surface area contributed by atoms with Gasteiger partial charge in [-0.25, -0.2) is 0 Å². The predicted molar refractivity (Wildman–Crippen MR) is 70.0 cm³/mol. The first-order chi connectivity index (χ1) is 7.54. The summed E-state index contributed by atoms with van der Waals surface area (Å²) in [4.78, 5) is 4.59. The number of rotatable bonds is 1. The number of aromatic nitrogens is 1. The van der Waals surface area contributed by atoms with E-state index in [2.05, 4.69) is 11.9 Å². The van der Waals surface area contributed by atoms with Crippen molar-refractivity contribution in [2.45, 2.75) is 27.2 Å². The molecule has 2 aromatic rings. The number of benzene rings is 1. The Bertz CT molecular complexity index is 562. The van der Waals surface area contributed by atoms with Crippen LogP contribution in [0.4, 0.5) is 5.69 Å². The maximum absolute atomic E-state index is 6.13. The van der Waals surface area contributed by atoms with Crippen LogP contribution in [-0.2, 0) is 6.42 Å². The topological polar surface area (TPSA) is 38.9 Å². The maximum Gasteiger partial charge on any atom is 0.0741 e. The van der Waals surface area contributed by atoms with Gasteiger partial charge in [-0.2, -0.15) is 0 Å². The molecule has 0 amide bonds. The molecular formula is C13H15ClN2. The van der Waals surface area contributed by atoms with Crippen LogP contribution in [0.15, 0.2) is 12.1 Å². The molecule has 1 aromatic carbocycles. The predicted octanol–water partition coefficient (Wildman–Crippen LogP) is 3.65. The first kappa shape index (κ1) is 11.2. The van der Waals surface area contributed by atoms with Gasteiger partial charge in [0.15, 0.2) is 0 Å². The molecule has 3 heteroatoms. The Morgan fingerprint density at radius 3 is 2.62 bits per heavy atom. The van der Waals surface area contributed by atoms with E-state index < -0.39 is 0 Å². The summed E-state index contributed by atoms with van der Waals surface area (Å²) in [6.07, 6.45) is 0.886. The highest BCUT2D eigenvalue weighted by Gasteiger charge is 2.09. The lowest BCUT2D eigenvalue weighted by Crippen LogP contribution is -2.00. The molecule has 1 heterocycles. The molecule has 2 rings (SSSR count). The van der Waals surface area contributed by atoms with Crippen molar-refractivity contribution in [1.82, 2.24) is 4.98 Å². The molecule has 0 fully saturated rings. The number of hydrogen-bond acceptors (Lipinski definition) is 2. The summed E-state index contributed by atoms with van der Waals surface area (Å²) >= 11 is 6.09. The highest BCUT2D eigenvalue weighted by atomic mass is 35.5. The minimum Gasteiger partial charge on any atom is -0.398 e. The second-order valence-electron chi connectivity index (χ2n) is 4.07. The third-order valence-corrected chi connectivity index (χ3v) is 3.40. The van der Waals surface area contributed by atoms with Gasteiger partial charge in [-0.1, -0.05) is 18.5 Å². The smallest absolute Gasteiger partial charge is 0.0741 e. The molecule has 2 nitrogen and oxygen atoms in total. The monoisotopic (exact) mass is 234 g/mol. The normalized spacial score (nSPS) is 11.0. The number of pyridine rings is 1. The highest BCUT2D eigenvalue weighted by molar-refractivity contribution is 6.32. The van der Waals surface area contributed by atoms with Crippen LogP contribution >= 0.6 is 11.6 Å². The molecule has 0 aliphatic carbocycles. The molecule has 1 aromatic heterocycles. The molecule has 0 saturated carbocycles. The second-order valence-corrected chi connectivity index (χ2v) is 4.48. The molecule has 0 aliphatic rings. The lowest BCUT2D eigenvalue weighted by Gasteiger charge is -2.11. The van der Waals surface area contributed by atoms with E-state index in [1.165, 1.54) is 0 Å². The summed E-state index contributed by atoms with van der Waals surface area (Å²) in [6, 6.07) is 3.90. The number of anilines is 1. The van der Waals surface area contributed by atoms with Gasteiger partial charge >= 0.3 is 0 Å². The Morgan fingerprint density at radius 1 is 1.31 bits per heavy atom. The van der Waals surface area contributed by atoms with Gasteiger partial charge < -0.3 is 5.73 Å².